The van der Waals surface area contributed by atoms with Gasteiger partial charge < -0.3 is 57.5 Å². The van der Waals surface area contributed by atoms with Crippen LogP contribution in [0.4, 0.5) is 0 Å². The highest BCUT2D eigenvalue weighted by Crippen LogP contribution is 2.21. The lowest BCUT2D eigenvalue weighted by Gasteiger charge is -2.31. The SMILES string of the molecule is CC(C)C[C@H](NC(=O)[C@H](CO)NC(=O)CNC(=O)[C@@H](N)CCC(=O)O)C(=O)N[C@@H](CC(C)C)C(=O)N1CCC[C@H]1C(=O)N[C@@H](Cc1c[nH]cn1)C(=O)O. The Morgan fingerprint density at radius 1 is 0.887 bits per heavy atom. The number of rotatable bonds is 22. The van der Waals surface area contributed by atoms with Crippen molar-refractivity contribution >= 4 is 47.4 Å². The summed E-state index contributed by atoms with van der Waals surface area (Å²) in [4.78, 5) is 109. The van der Waals surface area contributed by atoms with Crippen LogP contribution in [-0.4, -0.2) is 134 Å². The number of carboxylic acid groups (broad SMARTS) is 2. The molecule has 0 saturated carbocycles. The maximum absolute atomic E-state index is 13.9. The van der Waals surface area contributed by atoms with Crippen LogP contribution >= 0.6 is 0 Å². The van der Waals surface area contributed by atoms with Gasteiger partial charge in [0.1, 0.15) is 30.2 Å². The fourth-order valence-electron chi connectivity index (χ4n) is 5.67. The molecule has 0 aliphatic carbocycles. The van der Waals surface area contributed by atoms with E-state index in [2.05, 4.69) is 36.6 Å². The molecule has 2 heterocycles. The van der Waals surface area contributed by atoms with E-state index in [0.29, 0.717) is 12.1 Å². The van der Waals surface area contributed by atoms with E-state index in [1.54, 1.807) is 13.8 Å². The lowest BCUT2D eigenvalue weighted by molar-refractivity contribution is -0.145. The van der Waals surface area contributed by atoms with Crippen molar-refractivity contribution in [3.8, 4) is 0 Å². The van der Waals surface area contributed by atoms with Gasteiger partial charge in [-0.3, -0.25) is 33.6 Å². The second-order valence-electron chi connectivity index (χ2n) is 13.8. The van der Waals surface area contributed by atoms with E-state index in [-0.39, 0.29) is 56.9 Å². The topological polar surface area (TPSA) is 315 Å². The summed E-state index contributed by atoms with van der Waals surface area (Å²) in [5.74, 6) is -7.16. The van der Waals surface area contributed by atoms with Gasteiger partial charge in [0, 0.05) is 25.6 Å². The molecule has 53 heavy (non-hydrogen) atoms. The van der Waals surface area contributed by atoms with Crippen LogP contribution in [0.15, 0.2) is 12.5 Å². The number of imidazole rings is 1. The molecule has 1 fully saturated rings. The first kappa shape index (κ1) is 44.1. The van der Waals surface area contributed by atoms with E-state index in [9.17, 15) is 48.6 Å². The monoisotopic (exact) mass is 751 g/mol. The van der Waals surface area contributed by atoms with Crippen molar-refractivity contribution < 1.29 is 53.7 Å². The van der Waals surface area contributed by atoms with Gasteiger partial charge in [0.2, 0.25) is 35.4 Å². The van der Waals surface area contributed by atoms with Crippen LogP contribution in [0.2, 0.25) is 0 Å². The molecule has 20 nitrogen and oxygen atoms in total. The molecule has 1 aromatic heterocycles. The molecular formula is C33H53N9O11. The molecule has 0 radical (unpaired) electrons. The normalized spacial score (nSPS) is 16.9. The first-order valence-electron chi connectivity index (χ1n) is 17.5. The quantitative estimate of drug-likeness (QED) is 0.0580. The Morgan fingerprint density at radius 3 is 2.08 bits per heavy atom. The summed E-state index contributed by atoms with van der Waals surface area (Å²) in [6.45, 7) is 5.95. The summed E-state index contributed by atoms with van der Waals surface area (Å²) < 4.78 is 0. The molecule has 1 saturated heterocycles. The van der Waals surface area contributed by atoms with Crippen LogP contribution in [0.25, 0.3) is 0 Å². The van der Waals surface area contributed by atoms with Gasteiger partial charge in [-0.25, -0.2) is 9.78 Å². The number of hydrogen-bond donors (Lipinski definition) is 10. The minimum Gasteiger partial charge on any atom is -0.481 e. The molecule has 6 atom stereocenters. The van der Waals surface area contributed by atoms with E-state index in [4.69, 9.17) is 10.8 Å². The van der Waals surface area contributed by atoms with E-state index < -0.39 is 96.8 Å². The number of aliphatic hydroxyl groups excluding tert-OH is 1. The Bertz CT molecular complexity index is 1440. The molecule has 296 valence electrons. The second-order valence-corrected chi connectivity index (χ2v) is 13.8. The van der Waals surface area contributed by atoms with Crippen LogP contribution < -0.4 is 32.3 Å². The first-order valence-corrected chi connectivity index (χ1v) is 17.5. The second kappa shape index (κ2) is 21.4. The molecule has 1 aromatic rings. The number of carbonyl (C=O) groups excluding carboxylic acids is 6. The number of H-pyrrole nitrogens is 1. The number of aromatic amines is 1. The third-order valence-electron chi connectivity index (χ3n) is 8.35. The minimum atomic E-state index is -1.53. The van der Waals surface area contributed by atoms with Gasteiger partial charge >= 0.3 is 11.9 Å². The number of hydrogen-bond acceptors (Lipinski definition) is 11. The number of aliphatic carboxylic acids is 2. The standard InChI is InChI=1S/C33H53N9O11/c1-17(2)10-21(39-30(49)24(15-43)38-26(44)14-36-28(47)20(34)7-8-27(45)46)29(48)40-22(11-18(3)4)32(51)42-9-5-6-25(42)31(50)41-23(33(52)53)12-19-13-35-16-37-19/h13,16-18,20-25,43H,5-12,14-15,34H2,1-4H3,(H,35,37)(H,36,47)(H,38,44)(H,39,49)(H,40,48)(H,41,50)(H,45,46)(H,52,53)/t20-,21-,22-,23-,24-,25-/m0/s1. The largest absolute Gasteiger partial charge is 0.481 e. The maximum atomic E-state index is 13.9. The van der Waals surface area contributed by atoms with E-state index in [0.717, 1.165) is 0 Å². The van der Waals surface area contributed by atoms with Crippen molar-refractivity contribution in [1.29, 1.82) is 0 Å². The number of carboxylic acids is 2. The molecule has 2 rings (SSSR count). The third kappa shape index (κ3) is 14.8. The number of aliphatic hydroxyl groups is 1. The Kier molecular flexibility index (Phi) is 17.8. The zero-order chi connectivity index (χ0) is 39.8. The fraction of sp³-hybridized carbons (Fsp3) is 0.667. The highest BCUT2D eigenvalue weighted by molar-refractivity contribution is 5.96. The zero-order valence-electron chi connectivity index (χ0n) is 30.4. The third-order valence-corrected chi connectivity index (χ3v) is 8.35. The van der Waals surface area contributed by atoms with Crippen molar-refractivity contribution in [2.24, 2.45) is 17.6 Å². The average molecular weight is 752 g/mol. The smallest absolute Gasteiger partial charge is 0.326 e. The predicted molar refractivity (Wildman–Crippen MR) is 186 cm³/mol. The average Bonchev–Trinajstić information content (AvgIpc) is 3.79. The van der Waals surface area contributed by atoms with Crippen LogP contribution in [0.5, 0.6) is 0 Å². The highest BCUT2D eigenvalue weighted by Gasteiger charge is 2.40. The Morgan fingerprint density at radius 2 is 1.51 bits per heavy atom. The summed E-state index contributed by atoms with van der Waals surface area (Å²) in [6, 6.07) is -7.31. The van der Waals surface area contributed by atoms with Crippen molar-refractivity contribution in [3.05, 3.63) is 18.2 Å². The summed E-state index contributed by atoms with van der Waals surface area (Å²) in [5, 5.41) is 40.5. The van der Waals surface area contributed by atoms with Gasteiger partial charge in [-0.1, -0.05) is 27.7 Å². The molecule has 6 amide bonds. The van der Waals surface area contributed by atoms with Gasteiger partial charge in [-0.05, 0) is 43.9 Å². The first-order chi connectivity index (χ1) is 24.9. The summed E-state index contributed by atoms with van der Waals surface area (Å²) in [6.07, 6.45) is 3.31. The van der Waals surface area contributed by atoms with Crippen LogP contribution in [0.1, 0.15) is 71.9 Å². The number of nitrogens with two attached hydrogens (primary N) is 1. The van der Waals surface area contributed by atoms with Crippen molar-refractivity contribution in [1.82, 2.24) is 41.5 Å². The van der Waals surface area contributed by atoms with E-state index >= 15 is 0 Å². The molecule has 20 heteroatoms. The minimum absolute atomic E-state index is 0.0809. The lowest BCUT2D eigenvalue weighted by Crippen LogP contribution is -2.59. The van der Waals surface area contributed by atoms with Gasteiger partial charge in [0.15, 0.2) is 0 Å². The summed E-state index contributed by atoms with van der Waals surface area (Å²) >= 11 is 0. The summed E-state index contributed by atoms with van der Waals surface area (Å²) in [5.41, 5.74) is 6.04. The molecule has 0 bridgehead atoms. The lowest BCUT2D eigenvalue weighted by atomic mass is 9.99. The van der Waals surface area contributed by atoms with Crippen LogP contribution in [0, 0.1) is 11.8 Å². The highest BCUT2D eigenvalue weighted by atomic mass is 16.4. The maximum Gasteiger partial charge on any atom is 0.326 e. The number of amides is 6. The van der Waals surface area contributed by atoms with Crippen LogP contribution in [0.3, 0.4) is 0 Å². The molecule has 1 aliphatic rings. The number of nitrogens with zero attached hydrogens (tertiary/aromatic N) is 2. The number of carbonyl (C=O) groups is 8. The van der Waals surface area contributed by atoms with Crippen LogP contribution in [-0.2, 0) is 44.8 Å². The van der Waals surface area contributed by atoms with Crippen molar-refractivity contribution in [2.75, 3.05) is 19.7 Å². The molecular weight excluding hydrogens is 698 g/mol. The van der Waals surface area contributed by atoms with Crippen molar-refractivity contribution in [3.63, 3.8) is 0 Å². The summed E-state index contributed by atoms with van der Waals surface area (Å²) in [7, 11) is 0. The molecule has 11 N–H and O–H groups in total. The van der Waals surface area contributed by atoms with Gasteiger partial charge in [-0.2, -0.15) is 0 Å². The predicted octanol–water partition coefficient (Wildman–Crippen LogP) is -2.64. The van der Waals surface area contributed by atoms with Gasteiger partial charge in [0.05, 0.1) is 31.2 Å². The Balaban J connectivity index is 2.12. The molecule has 0 aromatic carbocycles. The fourth-order valence-corrected chi connectivity index (χ4v) is 5.67. The van der Waals surface area contributed by atoms with E-state index in [1.807, 2.05) is 13.8 Å². The molecule has 0 unspecified atom stereocenters. The number of nitrogens with one attached hydrogen (secondary N) is 6. The number of aromatic nitrogens is 2. The molecule has 0 spiro atoms. The van der Waals surface area contributed by atoms with Crippen molar-refractivity contribution in [2.45, 2.75) is 109 Å². The number of likely N-dealkylation sites (tertiary alicyclic amines) is 1. The Hall–Kier alpha value is -5.11. The van der Waals surface area contributed by atoms with E-state index in [1.165, 1.54) is 17.4 Å². The van der Waals surface area contributed by atoms with Gasteiger partial charge in [-0.15, -0.1) is 0 Å². The zero-order valence-corrected chi connectivity index (χ0v) is 30.4. The molecule has 1 aliphatic heterocycles. The van der Waals surface area contributed by atoms with Gasteiger partial charge in [0.25, 0.3) is 0 Å². The Labute approximate surface area is 306 Å².